The molecule has 5 heterocycles. The van der Waals surface area contributed by atoms with Gasteiger partial charge < -0.3 is 14.0 Å². The number of fused-ring (bicyclic) bond motifs is 13. The van der Waals surface area contributed by atoms with Crippen molar-refractivity contribution in [3.05, 3.63) is 157 Å². The van der Waals surface area contributed by atoms with Gasteiger partial charge in [0, 0.05) is 59.2 Å². The number of rotatable bonds is 2. The maximum Gasteiger partial charge on any atom is 0.265 e. The number of aromatic nitrogens is 2. The third-order valence-electron chi connectivity index (χ3n) is 12.8. The second kappa shape index (κ2) is 11.3. The van der Waals surface area contributed by atoms with Crippen LogP contribution in [-0.4, -0.2) is 15.8 Å². The maximum atomic E-state index is 2.60. The lowest BCUT2D eigenvalue weighted by atomic mass is 9.36. The zero-order valence-electron chi connectivity index (χ0n) is 33.2. The number of anilines is 3. The Bertz CT molecular complexity index is 3310. The Morgan fingerprint density at radius 2 is 1.12 bits per heavy atom. The first-order chi connectivity index (χ1) is 27.6. The second-order valence-electron chi connectivity index (χ2n) is 18.2. The molecule has 3 nitrogen and oxygen atoms in total. The Labute approximate surface area is 337 Å². The number of thiophene rings is 1. The molecule has 0 spiro atoms. The van der Waals surface area contributed by atoms with Gasteiger partial charge in [-0.2, -0.15) is 0 Å². The molecule has 0 saturated heterocycles. The summed E-state index contributed by atoms with van der Waals surface area (Å²) >= 11 is 1.99. The van der Waals surface area contributed by atoms with Gasteiger partial charge in [0.25, 0.3) is 6.71 Å². The van der Waals surface area contributed by atoms with E-state index in [4.69, 9.17) is 0 Å². The van der Waals surface area contributed by atoms with Crippen molar-refractivity contribution in [3.8, 4) is 11.4 Å². The van der Waals surface area contributed by atoms with Crippen LogP contribution in [0.15, 0.2) is 146 Å². The van der Waals surface area contributed by atoms with Crippen LogP contribution in [0.1, 0.15) is 52.7 Å². The molecule has 0 amide bonds. The van der Waals surface area contributed by atoms with E-state index in [1.54, 1.807) is 0 Å². The first kappa shape index (κ1) is 33.1. The summed E-state index contributed by atoms with van der Waals surface area (Å²) in [5, 5.41) is 6.57. The molecule has 0 saturated carbocycles. The molecule has 0 unspecified atom stereocenters. The largest absolute Gasteiger partial charge is 0.310 e. The fourth-order valence-corrected chi connectivity index (χ4v) is 11.4. The van der Waals surface area contributed by atoms with Crippen LogP contribution in [0.4, 0.5) is 17.1 Å². The van der Waals surface area contributed by atoms with E-state index in [1.807, 2.05) is 11.3 Å². The molecule has 0 fully saturated rings. The van der Waals surface area contributed by atoms with Crippen LogP contribution in [-0.2, 0) is 10.8 Å². The van der Waals surface area contributed by atoms with Gasteiger partial charge in [-0.05, 0) is 99.6 Å². The Balaban J connectivity index is 1.29. The summed E-state index contributed by atoms with van der Waals surface area (Å²) < 4.78 is 7.85. The van der Waals surface area contributed by atoms with E-state index in [-0.39, 0.29) is 17.5 Å². The van der Waals surface area contributed by atoms with E-state index in [0.29, 0.717) is 0 Å². The molecule has 0 aliphatic carbocycles. The van der Waals surface area contributed by atoms with Gasteiger partial charge in [-0.1, -0.05) is 120 Å². The number of para-hydroxylation sites is 3. The van der Waals surface area contributed by atoms with E-state index in [9.17, 15) is 0 Å². The molecule has 57 heavy (non-hydrogen) atoms. The highest BCUT2D eigenvalue weighted by molar-refractivity contribution is 7.34. The fraction of sp³-hybridized carbons (Fsp3) is 0.154. The van der Waals surface area contributed by atoms with Crippen LogP contribution >= 0.6 is 11.3 Å². The highest BCUT2D eigenvalue weighted by Crippen LogP contribution is 2.48. The van der Waals surface area contributed by atoms with Crippen molar-refractivity contribution >= 4 is 105 Å². The smallest absolute Gasteiger partial charge is 0.265 e. The van der Waals surface area contributed by atoms with E-state index in [2.05, 4.69) is 201 Å². The molecule has 7 aromatic carbocycles. The van der Waals surface area contributed by atoms with Gasteiger partial charge in [0.2, 0.25) is 0 Å². The van der Waals surface area contributed by atoms with E-state index in [0.717, 1.165) is 0 Å². The van der Waals surface area contributed by atoms with E-state index in [1.165, 1.54) is 109 Å². The molecule has 0 N–H and O–H groups in total. The Kier molecular flexibility index (Phi) is 6.57. The highest BCUT2D eigenvalue weighted by atomic mass is 32.1. The molecular weight excluding hydrogens is 709 g/mol. The molecule has 10 aromatic rings. The minimum atomic E-state index is 0.0186. The van der Waals surface area contributed by atoms with Crippen LogP contribution in [0, 0.1) is 0 Å². The molecule has 5 heteroatoms. The van der Waals surface area contributed by atoms with Gasteiger partial charge in [0.1, 0.15) is 0 Å². The first-order valence-electron chi connectivity index (χ1n) is 20.2. The third-order valence-corrected chi connectivity index (χ3v) is 14.0. The molecule has 0 atom stereocenters. The molecule has 0 bridgehead atoms. The Morgan fingerprint density at radius 1 is 0.474 bits per heavy atom. The standard InChI is InChI=1S/C52H42BN3S/c1-51(2,3)31-23-26-34(27-24-31)55-41-21-14-22-42-46(41)53(50-49(55)38-29-32(52(4,5)6)25-28-44(38)57-50)47-45-36-18-11-13-20-40(36)54(33-15-8-7-9-16-33)43(45)30-37-35-17-10-12-19-39(35)56(42)48(37)47/h7-30H,1-6H3. The summed E-state index contributed by atoms with van der Waals surface area (Å²) in [5.41, 5.74) is 16.9. The Hall–Kier alpha value is -6.04. The molecular formula is C52H42BN3S. The second-order valence-corrected chi connectivity index (χ2v) is 19.3. The predicted octanol–water partition coefficient (Wildman–Crippen LogP) is 12.3. The van der Waals surface area contributed by atoms with Crippen molar-refractivity contribution in [1.82, 2.24) is 9.13 Å². The summed E-state index contributed by atoms with van der Waals surface area (Å²) in [5.74, 6) is 0. The fourth-order valence-electron chi connectivity index (χ4n) is 10.1. The average molecular weight is 752 g/mol. The quantitative estimate of drug-likeness (QED) is 0.160. The molecule has 3 aromatic heterocycles. The molecule has 274 valence electrons. The van der Waals surface area contributed by atoms with Gasteiger partial charge in [0.15, 0.2) is 0 Å². The summed E-state index contributed by atoms with van der Waals surface area (Å²) in [7, 11) is 0. The van der Waals surface area contributed by atoms with E-state index >= 15 is 0 Å². The van der Waals surface area contributed by atoms with Crippen molar-refractivity contribution in [2.24, 2.45) is 0 Å². The van der Waals surface area contributed by atoms with Gasteiger partial charge in [-0.25, -0.2) is 0 Å². The maximum absolute atomic E-state index is 2.60. The van der Waals surface area contributed by atoms with Crippen LogP contribution in [0.3, 0.4) is 0 Å². The van der Waals surface area contributed by atoms with Gasteiger partial charge in [-0.3, -0.25) is 0 Å². The van der Waals surface area contributed by atoms with Crippen molar-refractivity contribution < 1.29 is 0 Å². The normalized spacial score (nSPS) is 13.7. The first-order valence-corrected chi connectivity index (χ1v) is 21.0. The van der Waals surface area contributed by atoms with Crippen LogP contribution < -0.4 is 20.6 Å². The number of benzene rings is 7. The topological polar surface area (TPSA) is 13.1 Å². The lowest BCUT2D eigenvalue weighted by Crippen LogP contribution is -2.59. The van der Waals surface area contributed by atoms with Crippen molar-refractivity contribution in [2.45, 2.75) is 52.4 Å². The molecule has 12 rings (SSSR count). The molecule has 2 aliphatic heterocycles. The molecule has 2 aliphatic rings. The summed E-state index contributed by atoms with van der Waals surface area (Å²) in [6.07, 6.45) is 0. The zero-order valence-corrected chi connectivity index (χ0v) is 34.0. The summed E-state index contributed by atoms with van der Waals surface area (Å²) in [4.78, 5) is 2.60. The monoisotopic (exact) mass is 751 g/mol. The predicted molar refractivity (Wildman–Crippen MR) is 247 cm³/mol. The van der Waals surface area contributed by atoms with Gasteiger partial charge in [0.05, 0.1) is 27.8 Å². The summed E-state index contributed by atoms with van der Waals surface area (Å²) in [6.45, 7) is 13.9. The average Bonchev–Trinajstić information content (AvgIpc) is 3.87. The number of hydrogen-bond acceptors (Lipinski definition) is 2. The van der Waals surface area contributed by atoms with Crippen LogP contribution in [0.2, 0.25) is 0 Å². The molecule has 0 radical (unpaired) electrons. The summed E-state index contributed by atoms with van der Waals surface area (Å²) in [6, 6.07) is 55.2. The lowest BCUT2D eigenvalue weighted by molar-refractivity contribution is 0.590. The number of hydrogen-bond donors (Lipinski definition) is 0. The van der Waals surface area contributed by atoms with Crippen molar-refractivity contribution in [1.29, 1.82) is 0 Å². The van der Waals surface area contributed by atoms with E-state index < -0.39 is 0 Å². The van der Waals surface area contributed by atoms with Crippen LogP contribution in [0.25, 0.3) is 65.1 Å². The van der Waals surface area contributed by atoms with Gasteiger partial charge >= 0.3 is 0 Å². The highest BCUT2D eigenvalue weighted by Gasteiger charge is 2.45. The third kappa shape index (κ3) is 4.44. The minimum Gasteiger partial charge on any atom is -0.310 e. The van der Waals surface area contributed by atoms with Crippen LogP contribution in [0.5, 0.6) is 0 Å². The van der Waals surface area contributed by atoms with Crippen molar-refractivity contribution in [3.63, 3.8) is 0 Å². The zero-order chi connectivity index (χ0) is 38.5. The lowest BCUT2D eigenvalue weighted by Gasteiger charge is -2.39. The van der Waals surface area contributed by atoms with Crippen molar-refractivity contribution in [2.75, 3.05) is 4.90 Å². The van der Waals surface area contributed by atoms with Gasteiger partial charge in [-0.15, -0.1) is 11.3 Å². The minimum absolute atomic E-state index is 0.0186. The number of nitrogens with zero attached hydrogens (tertiary/aromatic N) is 3. The SMILES string of the molecule is CC(C)(C)c1ccc(N2c3cccc4c3B(c3sc5ccc(C(C)(C)C)cc5c32)c2c3c5ccccc5n(-c5ccccc5)c3cc3c5ccccc5n-4c23)cc1. The Morgan fingerprint density at radius 3 is 1.86 bits per heavy atom.